The molecule has 2 rings (SSSR count). The third-order valence-electron chi connectivity index (χ3n) is 2.25. The van der Waals surface area contributed by atoms with Crippen LogP contribution in [-0.4, -0.2) is 4.98 Å². The molecule has 0 aliphatic rings. The highest BCUT2D eigenvalue weighted by molar-refractivity contribution is 5.87. The summed E-state index contributed by atoms with van der Waals surface area (Å²) in [5.41, 5.74) is 2.61. The zero-order chi connectivity index (χ0) is 10.6. The Labute approximate surface area is 85.8 Å². The Hall–Kier alpha value is -1.37. The number of aryl methyl sites for hydroxylation is 2. The molecule has 1 aromatic carbocycles. The molecule has 1 heteroatoms. The molecule has 74 valence electrons. The third-order valence-corrected chi connectivity index (χ3v) is 2.25. The highest BCUT2D eigenvalue weighted by atomic mass is 14.6. The minimum atomic E-state index is 1.26. The van der Waals surface area contributed by atoms with Crippen LogP contribution >= 0.6 is 0 Å². The maximum absolute atomic E-state index is 4.11. The molecule has 1 aromatic heterocycles. The summed E-state index contributed by atoms with van der Waals surface area (Å²) in [4.78, 5) is 4.11. The summed E-state index contributed by atoms with van der Waals surface area (Å²) in [5, 5.41) is 2.57. The summed E-state index contributed by atoms with van der Waals surface area (Å²) >= 11 is 0. The monoisotopic (exact) mass is 187 g/mol. The molecule has 0 aliphatic heterocycles. The van der Waals surface area contributed by atoms with Crippen molar-refractivity contribution >= 4 is 10.8 Å². The van der Waals surface area contributed by atoms with Crippen molar-refractivity contribution in [2.24, 2.45) is 0 Å². The lowest BCUT2D eigenvalue weighted by Gasteiger charge is -2.03. The van der Waals surface area contributed by atoms with E-state index in [0.717, 1.165) is 0 Å². The summed E-state index contributed by atoms with van der Waals surface area (Å²) in [6, 6.07) is 6.36. The number of aromatic nitrogens is 1. The predicted molar refractivity (Wildman–Crippen MR) is 62.6 cm³/mol. The SMILES string of the molecule is CC.Cc1ccc(C)c2cnccc12. The lowest BCUT2D eigenvalue weighted by Crippen LogP contribution is -1.82. The Kier molecular flexibility index (Phi) is 3.63. The molecule has 0 spiro atoms. The van der Waals surface area contributed by atoms with Gasteiger partial charge in [-0.1, -0.05) is 26.0 Å². The lowest BCUT2D eigenvalue weighted by atomic mass is 10.0. The van der Waals surface area contributed by atoms with Gasteiger partial charge in [0.1, 0.15) is 0 Å². The number of pyridine rings is 1. The average Bonchev–Trinajstić information content (AvgIpc) is 2.27. The summed E-state index contributed by atoms with van der Waals surface area (Å²) < 4.78 is 0. The Morgan fingerprint density at radius 3 is 2.00 bits per heavy atom. The van der Waals surface area contributed by atoms with Gasteiger partial charge in [-0.2, -0.15) is 0 Å². The summed E-state index contributed by atoms with van der Waals surface area (Å²) in [6.07, 6.45) is 3.77. The fourth-order valence-corrected chi connectivity index (χ4v) is 1.48. The zero-order valence-electron chi connectivity index (χ0n) is 9.33. The number of hydrogen-bond acceptors (Lipinski definition) is 1. The maximum Gasteiger partial charge on any atom is 0.0349 e. The van der Waals surface area contributed by atoms with Gasteiger partial charge in [-0.25, -0.2) is 0 Å². The number of hydrogen-bond donors (Lipinski definition) is 0. The largest absolute Gasteiger partial charge is 0.264 e. The quantitative estimate of drug-likeness (QED) is 0.610. The molecule has 0 radical (unpaired) electrons. The van der Waals surface area contributed by atoms with E-state index in [-0.39, 0.29) is 0 Å². The Balaban J connectivity index is 0.000000461. The van der Waals surface area contributed by atoms with Crippen LogP contribution in [0.5, 0.6) is 0 Å². The van der Waals surface area contributed by atoms with Crippen molar-refractivity contribution in [1.82, 2.24) is 4.98 Å². The van der Waals surface area contributed by atoms with E-state index in [1.54, 1.807) is 0 Å². The van der Waals surface area contributed by atoms with Crippen molar-refractivity contribution in [1.29, 1.82) is 0 Å². The fraction of sp³-hybridized carbons (Fsp3) is 0.308. The molecule has 1 heterocycles. The molecule has 0 amide bonds. The van der Waals surface area contributed by atoms with Gasteiger partial charge in [0, 0.05) is 17.8 Å². The smallest absolute Gasteiger partial charge is 0.0349 e. The molecule has 0 unspecified atom stereocenters. The standard InChI is InChI=1S/C11H11N.C2H6/c1-8-3-4-9(2)11-7-12-6-5-10(8)11;1-2/h3-7H,1-2H3;1-2H3. The molecule has 0 N–H and O–H groups in total. The minimum Gasteiger partial charge on any atom is -0.264 e. The molecule has 14 heavy (non-hydrogen) atoms. The number of rotatable bonds is 0. The van der Waals surface area contributed by atoms with E-state index >= 15 is 0 Å². The van der Waals surface area contributed by atoms with Crippen molar-refractivity contribution in [3.05, 3.63) is 41.7 Å². The molecule has 0 bridgehead atoms. The second-order valence-corrected chi connectivity index (χ2v) is 3.12. The first-order valence-electron chi connectivity index (χ1n) is 5.09. The average molecular weight is 187 g/mol. The summed E-state index contributed by atoms with van der Waals surface area (Å²) in [5.74, 6) is 0. The van der Waals surface area contributed by atoms with Crippen molar-refractivity contribution < 1.29 is 0 Å². The van der Waals surface area contributed by atoms with E-state index in [1.165, 1.54) is 21.9 Å². The normalized spacial score (nSPS) is 9.43. The van der Waals surface area contributed by atoms with Gasteiger partial charge in [-0.15, -0.1) is 0 Å². The van der Waals surface area contributed by atoms with Gasteiger partial charge in [-0.05, 0) is 36.4 Å². The molecular formula is C13H17N. The van der Waals surface area contributed by atoms with Crippen LogP contribution in [0.25, 0.3) is 10.8 Å². The van der Waals surface area contributed by atoms with E-state index in [2.05, 4.69) is 37.0 Å². The van der Waals surface area contributed by atoms with Gasteiger partial charge in [0.2, 0.25) is 0 Å². The molecule has 2 aromatic rings. The van der Waals surface area contributed by atoms with Crippen LogP contribution in [0.2, 0.25) is 0 Å². The second kappa shape index (κ2) is 4.75. The Bertz CT molecular complexity index is 378. The first-order chi connectivity index (χ1) is 6.79. The first-order valence-corrected chi connectivity index (χ1v) is 5.09. The van der Waals surface area contributed by atoms with Crippen LogP contribution in [0, 0.1) is 13.8 Å². The molecule has 0 saturated carbocycles. The third kappa shape index (κ3) is 1.92. The molecular weight excluding hydrogens is 170 g/mol. The van der Waals surface area contributed by atoms with Gasteiger partial charge < -0.3 is 0 Å². The van der Waals surface area contributed by atoms with Gasteiger partial charge in [0.25, 0.3) is 0 Å². The summed E-state index contributed by atoms with van der Waals surface area (Å²) in [7, 11) is 0. The van der Waals surface area contributed by atoms with Crippen LogP contribution in [0.1, 0.15) is 25.0 Å². The van der Waals surface area contributed by atoms with E-state index in [1.807, 2.05) is 26.2 Å². The zero-order valence-corrected chi connectivity index (χ0v) is 9.33. The molecule has 0 saturated heterocycles. The van der Waals surface area contributed by atoms with Crippen LogP contribution in [0.15, 0.2) is 30.6 Å². The second-order valence-electron chi connectivity index (χ2n) is 3.12. The minimum absolute atomic E-state index is 1.26. The highest BCUT2D eigenvalue weighted by Crippen LogP contribution is 2.19. The van der Waals surface area contributed by atoms with E-state index < -0.39 is 0 Å². The van der Waals surface area contributed by atoms with Crippen molar-refractivity contribution in [3.63, 3.8) is 0 Å². The van der Waals surface area contributed by atoms with Crippen LogP contribution in [0.4, 0.5) is 0 Å². The van der Waals surface area contributed by atoms with E-state index in [0.29, 0.717) is 0 Å². The molecule has 0 aliphatic carbocycles. The topological polar surface area (TPSA) is 12.9 Å². The van der Waals surface area contributed by atoms with Crippen LogP contribution in [-0.2, 0) is 0 Å². The van der Waals surface area contributed by atoms with Crippen molar-refractivity contribution in [3.8, 4) is 0 Å². The van der Waals surface area contributed by atoms with E-state index in [9.17, 15) is 0 Å². The van der Waals surface area contributed by atoms with Crippen molar-refractivity contribution in [2.75, 3.05) is 0 Å². The molecule has 0 fully saturated rings. The lowest BCUT2D eigenvalue weighted by molar-refractivity contribution is 1.34. The maximum atomic E-state index is 4.11. The number of benzene rings is 1. The van der Waals surface area contributed by atoms with Gasteiger partial charge in [-0.3, -0.25) is 4.98 Å². The molecule has 0 atom stereocenters. The van der Waals surface area contributed by atoms with Crippen LogP contribution < -0.4 is 0 Å². The Morgan fingerprint density at radius 2 is 1.43 bits per heavy atom. The number of fused-ring (bicyclic) bond motifs is 1. The highest BCUT2D eigenvalue weighted by Gasteiger charge is 1.98. The van der Waals surface area contributed by atoms with Gasteiger partial charge >= 0.3 is 0 Å². The van der Waals surface area contributed by atoms with E-state index in [4.69, 9.17) is 0 Å². The van der Waals surface area contributed by atoms with Gasteiger partial charge in [0.15, 0.2) is 0 Å². The number of nitrogens with zero attached hydrogens (tertiary/aromatic N) is 1. The van der Waals surface area contributed by atoms with Crippen molar-refractivity contribution in [2.45, 2.75) is 27.7 Å². The molecule has 1 nitrogen and oxygen atoms in total. The van der Waals surface area contributed by atoms with Gasteiger partial charge in [0.05, 0.1) is 0 Å². The first kappa shape index (κ1) is 10.7. The van der Waals surface area contributed by atoms with Crippen LogP contribution in [0.3, 0.4) is 0 Å². The summed E-state index contributed by atoms with van der Waals surface area (Å²) in [6.45, 7) is 8.24. The predicted octanol–water partition coefficient (Wildman–Crippen LogP) is 3.88. The fourth-order valence-electron chi connectivity index (χ4n) is 1.48. The Morgan fingerprint density at radius 1 is 0.857 bits per heavy atom.